The molecule has 0 aliphatic carbocycles. The van der Waals surface area contributed by atoms with Crippen LogP contribution < -0.4 is 0 Å². The molecule has 1 N–H and O–H groups in total. The van der Waals surface area contributed by atoms with Crippen LogP contribution in [0.2, 0.25) is 0 Å². The summed E-state index contributed by atoms with van der Waals surface area (Å²) in [5.41, 5.74) is 2.63. The number of nitrogens with zero attached hydrogens (tertiary/aromatic N) is 2. The Morgan fingerprint density at radius 3 is 2.68 bits per heavy atom. The van der Waals surface area contributed by atoms with Gasteiger partial charge >= 0.3 is 0 Å². The van der Waals surface area contributed by atoms with Crippen LogP contribution in [0, 0.1) is 0 Å². The van der Waals surface area contributed by atoms with E-state index in [0.29, 0.717) is 25.2 Å². The zero-order valence-electron chi connectivity index (χ0n) is 13.0. The Morgan fingerprint density at radius 2 is 2.00 bits per heavy atom. The van der Waals surface area contributed by atoms with Crippen LogP contribution in [-0.2, 0) is 23.0 Å². The first-order chi connectivity index (χ1) is 10.6. The highest BCUT2D eigenvalue weighted by atomic mass is 32.2. The second kappa shape index (κ2) is 7.74. The minimum Gasteiger partial charge on any atom is -0.411 e. The van der Waals surface area contributed by atoms with Gasteiger partial charge in [-0.2, -0.15) is 4.31 Å². The first-order valence-electron chi connectivity index (χ1n) is 7.81. The van der Waals surface area contributed by atoms with Crippen LogP contribution in [0.15, 0.2) is 29.4 Å². The van der Waals surface area contributed by atoms with Crippen LogP contribution in [0.5, 0.6) is 0 Å². The average Bonchev–Trinajstić information content (AvgIpc) is 2.53. The fourth-order valence-electron chi connectivity index (χ4n) is 2.74. The van der Waals surface area contributed by atoms with E-state index in [2.05, 4.69) is 12.1 Å². The second-order valence-corrected chi connectivity index (χ2v) is 7.70. The Kier molecular flexibility index (Phi) is 5.97. The first-order valence-corrected chi connectivity index (χ1v) is 9.42. The first kappa shape index (κ1) is 17.0. The molecule has 0 unspecified atom stereocenters. The molecule has 1 heterocycles. The highest BCUT2D eigenvalue weighted by Gasteiger charge is 2.27. The fraction of sp³-hybridized carbons (Fsp3) is 0.562. The van der Waals surface area contributed by atoms with E-state index in [0.717, 1.165) is 31.2 Å². The fourth-order valence-corrected chi connectivity index (χ4v) is 4.25. The van der Waals surface area contributed by atoms with Crippen LogP contribution >= 0.6 is 0 Å². The van der Waals surface area contributed by atoms with Gasteiger partial charge in [0.2, 0.25) is 10.0 Å². The summed E-state index contributed by atoms with van der Waals surface area (Å²) < 4.78 is 26.6. The van der Waals surface area contributed by atoms with E-state index in [9.17, 15) is 8.42 Å². The van der Waals surface area contributed by atoms with Crippen LogP contribution in [0.1, 0.15) is 43.7 Å². The van der Waals surface area contributed by atoms with E-state index in [-0.39, 0.29) is 5.75 Å². The van der Waals surface area contributed by atoms with Crippen molar-refractivity contribution in [1.29, 1.82) is 0 Å². The van der Waals surface area contributed by atoms with Gasteiger partial charge in [0.1, 0.15) is 5.75 Å². The topological polar surface area (TPSA) is 70.0 Å². The maximum atomic E-state index is 12.5. The Labute approximate surface area is 132 Å². The van der Waals surface area contributed by atoms with E-state index in [1.807, 2.05) is 24.3 Å². The van der Waals surface area contributed by atoms with Gasteiger partial charge in [-0.1, -0.05) is 49.2 Å². The summed E-state index contributed by atoms with van der Waals surface area (Å²) >= 11 is 0. The van der Waals surface area contributed by atoms with Crippen molar-refractivity contribution in [2.45, 2.75) is 45.6 Å². The number of fused-ring (bicyclic) bond motifs is 1. The van der Waals surface area contributed by atoms with Crippen LogP contribution in [0.4, 0.5) is 0 Å². The van der Waals surface area contributed by atoms with Gasteiger partial charge in [0.25, 0.3) is 0 Å². The minimum absolute atomic E-state index is 0.185. The SMILES string of the molecule is CCCCC/C(CS(=O)(=O)N1CCc2ccccc2C1)=N\O. The average molecular weight is 324 g/mol. The van der Waals surface area contributed by atoms with Gasteiger partial charge in [-0.3, -0.25) is 0 Å². The molecule has 2 rings (SSSR count). The maximum absolute atomic E-state index is 12.5. The molecule has 0 saturated carbocycles. The lowest BCUT2D eigenvalue weighted by Crippen LogP contribution is -2.39. The molecule has 0 saturated heterocycles. The zero-order valence-corrected chi connectivity index (χ0v) is 13.8. The van der Waals surface area contributed by atoms with Crippen molar-refractivity contribution in [2.24, 2.45) is 5.16 Å². The summed E-state index contributed by atoms with van der Waals surface area (Å²) in [6.45, 7) is 2.98. The summed E-state index contributed by atoms with van der Waals surface area (Å²) in [5.74, 6) is -0.185. The van der Waals surface area contributed by atoms with E-state index in [4.69, 9.17) is 5.21 Å². The molecule has 0 radical (unpaired) electrons. The molecule has 122 valence electrons. The molecule has 0 fully saturated rings. The third-order valence-electron chi connectivity index (χ3n) is 4.05. The lowest BCUT2D eigenvalue weighted by molar-refractivity contribution is 0.316. The second-order valence-electron chi connectivity index (χ2n) is 5.73. The molecule has 1 aliphatic rings. The number of unbranched alkanes of at least 4 members (excludes halogenated alkanes) is 2. The number of hydrogen-bond donors (Lipinski definition) is 1. The third-order valence-corrected chi connectivity index (χ3v) is 5.84. The molecule has 6 heteroatoms. The molecular formula is C16H24N2O3S. The van der Waals surface area contributed by atoms with Gasteiger partial charge in [-0.15, -0.1) is 0 Å². The van der Waals surface area contributed by atoms with Crippen molar-refractivity contribution < 1.29 is 13.6 Å². The van der Waals surface area contributed by atoms with Crippen LogP contribution in [0.3, 0.4) is 0 Å². The number of rotatable bonds is 7. The van der Waals surface area contributed by atoms with Crippen LogP contribution in [0.25, 0.3) is 0 Å². The van der Waals surface area contributed by atoms with E-state index in [1.54, 1.807) is 0 Å². The van der Waals surface area contributed by atoms with Crippen molar-refractivity contribution in [2.75, 3.05) is 12.3 Å². The molecule has 0 atom stereocenters. The molecule has 1 aromatic rings. The quantitative estimate of drug-likeness (QED) is 0.363. The number of hydrogen-bond acceptors (Lipinski definition) is 4. The molecule has 0 amide bonds. The van der Waals surface area contributed by atoms with Gasteiger partial charge in [0.15, 0.2) is 0 Å². The molecule has 0 spiro atoms. The summed E-state index contributed by atoms with van der Waals surface area (Å²) in [4.78, 5) is 0. The Hall–Kier alpha value is -1.40. The normalized spacial score (nSPS) is 16.5. The van der Waals surface area contributed by atoms with Gasteiger partial charge in [0, 0.05) is 13.1 Å². The predicted octanol–water partition coefficient (Wildman–Crippen LogP) is 2.79. The molecule has 0 aromatic heterocycles. The lowest BCUT2D eigenvalue weighted by Gasteiger charge is -2.28. The van der Waals surface area contributed by atoms with Crippen molar-refractivity contribution in [3.63, 3.8) is 0 Å². The summed E-state index contributed by atoms with van der Waals surface area (Å²) in [6, 6.07) is 7.93. The van der Waals surface area contributed by atoms with Gasteiger partial charge in [-0.05, 0) is 30.4 Å². The Balaban J connectivity index is 2.02. The third kappa shape index (κ3) is 4.30. The maximum Gasteiger partial charge on any atom is 0.219 e. The molecule has 1 aromatic carbocycles. The minimum atomic E-state index is -3.43. The van der Waals surface area contributed by atoms with E-state index in [1.165, 1.54) is 9.87 Å². The standard InChI is InChI=1S/C16H24N2O3S/c1-2-3-4-9-16(17-19)13-22(20,21)18-11-10-14-7-5-6-8-15(14)12-18/h5-8,19H,2-4,9-13H2,1H3/b17-16+. The Bertz CT molecular complexity index is 626. The number of benzene rings is 1. The molecule has 22 heavy (non-hydrogen) atoms. The highest BCUT2D eigenvalue weighted by molar-refractivity contribution is 7.89. The van der Waals surface area contributed by atoms with Gasteiger partial charge in [-0.25, -0.2) is 8.42 Å². The van der Waals surface area contributed by atoms with Crippen molar-refractivity contribution in [1.82, 2.24) is 4.31 Å². The van der Waals surface area contributed by atoms with Gasteiger partial charge in [0.05, 0.1) is 5.71 Å². The smallest absolute Gasteiger partial charge is 0.219 e. The number of oxime groups is 1. The summed E-state index contributed by atoms with van der Waals surface area (Å²) in [7, 11) is -3.43. The Morgan fingerprint density at radius 1 is 1.27 bits per heavy atom. The number of sulfonamides is 1. The zero-order chi connectivity index (χ0) is 16.0. The molecule has 5 nitrogen and oxygen atoms in total. The van der Waals surface area contributed by atoms with Gasteiger partial charge < -0.3 is 5.21 Å². The van der Waals surface area contributed by atoms with Crippen molar-refractivity contribution in [3.05, 3.63) is 35.4 Å². The molecule has 1 aliphatic heterocycles. The van der Waals surface area contributed by atoms with Crippen molar-refractivity contribution in [3.8, 4) is 0 Å². The summed E-state index contributed by atoms with van der Waals surface area (Å²) in [6.07, 6.45) is 4.18. The summed E-state index contributed by atoms with van der Waals surface area (Å²) in [5, 5.41) is 12.2. The predicted molar refractivity (Wildman–Crippen MR) is 87.7 cm³/mol. The van der Waals surface area contributed by atoms with E-state index >= 15 is 0 Å². The van der Waals surface area contributed by atoms with Crippen LogP contribution in [-0.4, -0.2) is 35.9 Å². The van der Waals surface area contributed by atoms with E-state index < -0.39 is 10.0 Å². The molecule has 0 bridgehead atoms. The lowest BCUT2D eigenvalue weighted by atomic mass is 10.0. The molecular weight excluding hydrogens is 300 g/mol. The van der Waals surface area contributed by atoms with Crippen molar-refractivity contribution >= 4 is 15.7 Å². The largest absolute Gasteiger partial charge is 0.411 e. The monoisotopic (exact) mass is 324 g/mol. The highest BCUT2D eigenvalue weighted by Crippen LogP contribution is 2.21.